The van der Waals surface area contributed by atoms with Crippen LogP contribution < -0.4 is 10.1 Å². The van der Waals surface area contributed by atoms with Gasteiger partial charge in [-0.15, -0.1) is 0 Å². The van der Waals surface area contributed by atoms with Gasteiger partial charge in [0.25, 0.3) is 5.91 Å². The highest BCUT2D eigenvalue weighted by Gasteiger charge is 2.45. The molecular formula is C12H10ClF4N5O4S. The third-order valence-electron chi connectivity index (χ3n) is 3.02. The Labute approximate surface area is 154 Å². The van der Waals surface area contributed by atoms with Crippen molar-refractivity contribution in [2.75, 3.05) is 11.6 Å². The molecule has 0 unspecified atom stereocenters. The number of carbonyl (C=O) groups is 1. The number of aryl methyl sites for hydroxylation is 1. The fraction of sp³-hybridized carbons (Fsp3) is 0.333. The largest absolute Gasteiger partial charge is 0.461 e. The summed E-state index contributed by atoms with van der Waals surface area (Å²) >= 11 is 5.87. The standard InChI is InChI=1S/C12H10ClF4N5O4S/c1-22-11(19-20-21-22)18-9(23)5-3-4-6(26-12(16,17)10(14)15)8(7(5)13)27(2,24)25/h3-4,10H,1-2H3,(H,18,19,21,23). The van der Waals surface area contributed by atoms with E-state index in [1.807, 2.05) is 0 Å². The Bertz CT molecular complexity index is 982. The Kier molecular flexibility index (Phi) is 5.60. The lowest BCUT2D eigenvalue weighted by atomic mass is 10.2. The molecule has 0 aliphatic heterocycles. The molecule has 0 saturated carbocycles. The van der Waals surface area contributed by atoms with Gasteiger partial charge in [-0.05, 0) is 22.6 Å². The SMILES string of the molecule is Cn1nnnc1NC(=O)c1ccc(OC(F)(F)C(F)F)c(S(C)(=O)=O)c1Cl. The molecule has 0 aliphatic carbocycles. The lowest BCUT2D eigenvalue weighted by molar-refractivity contribution is -0.254. The van der Waals surface area contributed by atoms with E-state index in [1.165, 1.54) is 7.05 Å². The van der Waals surface area contributed by atoms with E-state index in [-0.39, 0.29) is 5.95 Å². The Morgan fingerprint density at radius 2 is 2.00 bits per heavy atom. The molecule has 1 N–H and O–H groups in total. The first-order valence-electron chi connectivity index (χ1n) is 6.76. The summed E-state index contributed by atoms with van der Waals surface area (Å²) in [7, 11) is -2.96. The molecule has 9 nitrogen and oxygen atoms in total. The van der Waals surface area contributed by atoms with E-state index >= 15 is 0 Å². The summed E-state index contributed by atoms with van der Waals surface area (Å²) in [6, 6.07) is 1.44. The number of amides is 1. The van der Waals surface area contributed by atoms with Crippen LogP contribution >= 0.6 is 11.6 Å². The molecule has 0 aliphatic rings. The van der Waals surface area contributed by atoms with Gasteiger partial charge in [-0.2, -0.15) is 17.6 Å². The van der Waals surface area contributed by atoms with Crippen molar-refractivity contribution in [3.63, 3.8) is 0 Å². The summed E-state index contributed by atoms with van der Waals surface area (Å²) in [6.07, 6.45) is -8.62. The first kappa shape index (κ1) is 20.8. The summed E-state index contributed by atoms with van der Waals surface area (Å²) in [5.41, 5.74) is -0.465. The fourth-order valence-electron chi connectivity index (χ4n) is 1.83. The molecule has 2 rings (SSSR count). The monoisotopic (exact) mass is 431 g/mol. The number of nitrogens with one attached hydrogen (secondary N) is 1. The van der Waals surface area contributed by atoms with E-state index in [4.69, 9.17) is 11.6 Å². The zero-order valence-electron chi connectivity index (χ0n) is 13.5. The molecule has 0 spiro atoms. The van der Waals surface area contributed by atoms with Crippen LogP contribution in [0.1, 0.15) is 10.4 Å². The zero-order chi connectivity index (χ0) is 20.6. The number of anilines is 1. The Morgan fingerprint density at radius 3 is 2.48 bits per heavy atom. The first-order chi connectivity index (χ1) is 12.3. The average molecular weight is 432 g/mol. The van der Waals surface area contributed by atoms with E-state index in [2.05, 4.69) is 25.6 Å². The van der Waals surface area contributed by atoms with Crippen LogP contribution in [0, 0.1) is 0 Å². The minimum absolute atomic E-state index is 0.124. The molecule has 1 heterocycles. The number of hydrogen-bond donors (Lipinski definition) is 1. The molecule has 1 aromatic carbocycles. The second kappa shape index (κ2) is 7.26. The van der Waals surface area contributed by atoms with Crippen LogP contribution in [0.4, 0.5) is 23.5 Å². The normalized spacial score (nSPS) is 12.3. The summed E-state index contributed by atoms with van der Waals surface area (Å²) < 4.78 is 79.8. The van der Waals surface area contributed by atoms with Gasteiger partial charge >= 0.3 is 12.5 Å². The molecule has 15 heteroatoms. The smallest absolute Gasteiger partial charge is 0.427 e. The molecule has 0 bridgehead atoms. The lowest BCUT2D eigenvalue weighted by Crippen LogP contribution is -2.34. The van der Waals surface area contributed by atoms with Gasteiger partial charge in [0.15, 0.2) is 9.84 Å². The second-order valence-corrected chi connectivity index (χ2v) is 7.40. The van der Waals surface area contributed by atoms with Gasteiger partial charge in [0.2, 0.25) is 5.95 Å². The third kappa shape index (κ3) is 4.44. The van der Waals surface area contributed by atoms with Gasteiger partial charge in [0, 0.05) is 13.3 Å². The van der Waals surface area contributed by atoms with Crippen LogP contribution in [0.25, 0.3) is 0 Å². The van der Waals surface area contributed by atoms with Crippen LogP contribution in [-0.2, 0) is 16.9 Å². The topological polar surface area (TPSA) is 116 Å². The number of tetrazole rings is 1. The van der Waals surface area contributed by atoms with Gasteiger partial charge in [-0.1, -0.05) is 16.7 Å². The van der Waals surface area contributed by atoms with E-state index in [9.17, 15) is 30.8 Å². The zero-order valence-corrected chi connectivity index (χ0v) is 15.0. The minimum Gasteiger partial charge on any atom is -0.427 e. The van der Waals surface area contributed by atoms with Crippen molar-refractivity contribution in [2.45, 2.75) is 17.4 Å². The number of hydrogen-bond acceptors (Lipinski definition) is 7. The Hall–Kier alpha value is -2.48. The number of ether oxygens (including phenoxy) is 1. The molecule has 2 aromatic rings. The van der Waals surface area contributed by atoms with Gasteiger partial charge in [-0.3, -0.25) is 10.1 Å². The number of halogens is 5. The first-order valence-corrected chi connectivity index (χ1v) is 9.02. The molecule has 148 valence electrons. The van der Waals surface area contributed by atoms with Crippen molar-refractivity contribution in [3.05, 3.63) is 22.7 Å². The quantitative estimate of drug-likeness (QED) is 0.693. The molecule has 27 heavy (non-hydrogen) atoms. The number of sulfone groups is 1. The average Bonchev–Trinajstić information content (AvgIpc) is 2.90. The number of rotatable bonds is 6. The predicted octanol–water partition coefficient (Wildman–Crippen LogP) is 1.76. The Balaban J connectivity index is 2.51. The highest BCUT2D eigenvalue weighted by Crippen LogP contribution is 2.38. The van der Waals surface area contributed by atoms with Gasteiger partial charge in [0.05, 0.1) is 10.6 Å². The molecule has 1 aromatic heterocycles. The highest BCUT2D eigenvalue weighted by molar-refractivity contribution is 7.91. The maximum atomic E-state index is 13.2. The maximum Gasteiger partial charge on any atom is 0.461 e. The van der Waals surface area contributed by atoms with E-state index in [0.29, 0.717) is 12.3 Å². The van der Waals surface area contributed by atoms with Crippen molar-refractivity contribution in [1.29, 1.82) is 0 Å². The van der Waals surface area contributed by atoms with Crippen molar-refractivity contribution < 1.29 is 35.5 Å². The Morgan fingerprint density at radius 1 is 1.37 bits per heavy atom. The van der Waals surface area contributed by atoms with Crippen LogP contribution in [0.2, 0.25) is 5.02 Å². The van der Waals surface area contributed by atoms with Crippen molar-refractivity contribution in [3.8, 4) is 5.75 Å². The van der Waals surface area contributed by atoms with Gasteiger partial charge in [0.1, 0.15) is 10.6 Å². The summed E-state index contributed by atoms with van der Waals surface area (Å²) in [4.78, 5) is 11.2. The van der Waals surface area contributed by atoms with Gasteiger partial charge in [-0.25, -0.2) is 13.1 Å². The number of alkyl halides is 4. The number of benzene rings is 1. The van der Waals surface area contributed by atoms with Crippen LogP contribution in [0.15, 0.2) is 17.0 Å². The van der Waals surface area contributed by atoms with E-state index in [1.54, 1.807) is 0 Å². The summed E-state index contributed by atoms with van der Waals surface area (Å²) in [6.45, 7) is 0. The number of nitrogens with zero attached hydrogens (tertiary/aromatic N) is 4. The predicted molar refractivity (Wildman–Crippen MR) is 82.9 cm³/mol. The van der Waals surface area contributed by atoms with E-state index in [0.717, 1.165) is 10.7 Å². The van der Waals surface area contributed by atoms with Crippen molar-refractivity contribution >= 4 is 33.3 Å². The molecule has 0 radical (unpaired) electrons. The van der Waals surface area contributed by atoms with Crippen molar-refractivity contribution in [1.82, 2.24) is 20.2 Å². The summed E-state index contributed by atoms with van der Waals surface area (Å²) in [5.74, 6) is -2.24. The van der Waals surface area contributed by atoms with Gasteiger partial charge < -0.3 is 4.74 Å². The maximum absolute atomic E-state index is 13.2. The molecule has 0 atom stereocenters. The lowest BCUT2D eigenvalue weighted by Gasteiger charge is -2.20. The fourth-order valence-corrected chi connectivity index (χ4v) is 3.41. The third-order valence-corrected chi connectivity index (χ3v) is 4.67. The molecule has 0 fully saturated rings. The van der Waals surface area contributed by atoms with Crippen molar-refractivity contribution in [2.24, 2.45) is 7.05 Å². The summed E-state index contributed by atoms with van der Waals surface area (Å²) in [5, 5.41) is 11.6. The second-order valence-electron chi connectivity index (χ2n) is 5.07. The highest BCUT2D eigenvalue weighted by atomic mass is 35.5. The van der Waals surface area contributed by atoms with Crippen LogP contribution in [0.3, 0.4) is 0 Å². The minimum atomic E-state index is -4.98. The number of aromatic nitrogens is 4. The number of carbonyl (C=O) groups excluding carboxylic acids is 1. The van der Waals surface area contributed by atoms with E-state index < -0.39 is 49.5 Å². The molecule has 1 amide bonds. The molecular weight excluding hydrogens is 422 g/mol. The van der Waals surface area contributed by atoms with Crippen LogP contribution in [-0.4, -0.2) is 53.3 Å². The van der Waals surface area contributed by atoms with Crippen LogP contribution in [0.5, 0.6) is 5.75 Å². The molecule has 0 saturated heterocycles.